The third-order valence-electron chi connectivity index (χ3n) is 3.78. The second-order valence-corrected chi connectivity index (χ2v) is 6.91. The third-order valence-corrected chi connectivity index (χ3v) is 5.67. The smallest absolute Gasteiger partial charge is 0.246 e. The molecule has 1 aliphatic rings. The lowest BCUT2D eigenvalue weighted by Crippen LogP contribution is -2.46. The van der Waals surface area contributed by atoms with E-state index in [1.54, 1.807) is 12.1 Å². The van der Waals surface area contributed by atoms with Crippen LogP contribution in [0, 0.1) is 0 Å². The van der Waals surface area contributed by atoms with Gasteiger partial charge in [0.1, 0.15) is 16.4 Å². The Hall–Kier alpha value is -1.31. The van der Waals surface area contributed by atoms with Gasteiger partial charge in [0.05, 0.1) is 14.2 Å². The topological polar surface area (TPSA) is 67.9 Å². The van der Waals surface area contributed by atoms with Gasteiger partial charge in [-0.1, -0.05) is 0 Å². The average molecular weight is 314 g/mol. The summed E-state index contributed by atoms with van der Waals surface area (Å²) in [6.45, 7) is 1.00. The Kier molecular flexibility index (Phi) is 5.08. The van der Waals surface area contributed by atoms with E-state index in [2.05, 4.69) is 5.32 Å². The molecule has 0 aliphatic carbocycles. The monoisotopic (exact) mass is 314 g/mol. The van der Waals surface area contributed by atoms with E-state index in [4.69, 9.17) is 9.47 Å². The maximum Gasteiger partial charge on any atom is 0.246 e. The summed E-state index contributed by atoms with van der Waals surface area (Å²) in [5, 5.41) is 3.15. The molecule has 1 atom stereocenters. The average Bonchev–Trinajstić information content (AvgIpc) is 2.54. The molecule has 1 aliphatic heterocycles. The van der Waals surface area contributed by atoms with Crippen molar-refractivity contribution in [3.8, 4) is 11.5 Å². The number of ether oxygens (including phenoxy) is 2. The van der Waals surface area contributed by atoms with E-state index in [1.165, 1.54) is 24.6 Å². The molecular formula is C14H22N2O4S. The van der Waals surface area contributed by atoms with Gasteiger partial charge in [-0.25, -0.2) is 8.42 Å². The first-order valence-corrected chi connectivity index (χ1v) is 8.36. The highest BCUT2D eigenvalue weighted by Crippen LogP contribution is 2.31. The van der Waals surface area contributed by atoms with Crippen LogP contribution in [0.5, 0.6) is 11.5 Å². The molecular weight excluding hydrogens is 292 g/mol. The molecule has 1 unspecified atom stereocenters. The van der Waals surface area contributed by atoms with E-state index < -0.39 is 10.0 Å². The Bertz CT molecular complexity index is 589. The SMILES string of the molecule is CNC1CCCN(S(=O)(=O)c2cc(OC)ccc2OC)C1. The zero-order valence-corrected chi connectivity index (χ0v) is 13.4. The lowest BCUT2D eigenvalue weighted by Gasteiger charge is -2.32. The van der Waals surface area contributed by atoms with Gasteiger partial charge < -0.3 is 14.8 Å². The molecule has 6 nitrogen and oxygen atoms in total. The van der Waals surface area contributed by atoms with E-state index in [1.807, 2.05) is 7.05 Å². The summed E-state index contributed by atoms with van der Waals surface area (Å²) < 4.78 is 37.6. The van der Waals surface area contributed by atoms with E-state index >= 15 is 0 Å². The van der Waals surface area contributed by atoms with Gasteiger partial charge in [-0.15, -0.1) is 0 Å². The van der Waals surface area contributed by atoms with Gasteiger partial charge >= 0.3 is 0 Å². The first-order valence-electron chi connectivity index (χ1n) is 6.92. The van der Waals surface area contributed by atoms with Gasteiger partial charge in [0.25, 0.3) is 0 Å². The predicted octanol–water partition coefficient (Wildman–Crippen LogP) is 1.08. The van der Waals surface area contributed by atoms with E-state index in [0.29, 0.717) is 24.6 Å². The van der Waals surface area contributed by atoms with Gasteiger partial charge in [-0.2, -0.15) is 4.31 Å². The van der Waals surface area contributed by atoms with Crippen LogP contribution in [-0.4, -0.2) is 53.1 Å². The molecule has 1 saturated heterocycles. The maximum absolute atomic E-state index is 12.9. The number of nitrogens with one attached hydrogen (secondary N) is 1. The largest absolute Gasteiger partial charge is 0.497 e. The first kappa shape index (κ1) is 16.1. The summed E-state index contributed by atoms with van der Waals surface area (Å²) >= 11 is 0. The molecule has 0 radical (unpaired) electrons. The summed E-state index contributed by atoms with van der Waals surface area (Å²) in [5.74, 6) is 0.832. The molecule has 0 spiro atoms. The highest BCUT2D eigenvalue weighted by Gasteiger charge is 2.32. The molecule has 21 heavy (non-hydrogen) atoms. The van der Waals surface area contributed by atoms with E-state index in [9.17, 15) is 8.42 Å². The molecule has 1 fully saturated rings. The summed E-state index contributed by atoms with van der Waals surface area (Å²) in [6.07, 6.45) is 1.83. The van der Waals surface area contributed by atoms with Crippen molar-refractivity contribution in [2.24, 2.45) is 0 Å². The molecule has 0 aromatic heterocycles. The van der Waals surface area contributed by atoms with Crippen molar-refractivity contribution >= 4 is 10.0 Å². The van der Waals surface area contributed by atoms with Crippen LogP contribution in [-0.2, 0) is 10.0 Å². The fraction of sp³-hybridized carbons (Fsp3) is 0.571. The van der Waals surface area contributed by atoms with E-state index in [-0.39, 0.29) is 10.9 Å². The molecule has 2 rings (SSSR count). The minimum Gasteiger partial charge on any atom is -0.497 e. The standard InChI is InChI=1S/C14H22N2O4S/c1-15-11-5-4-8-16(10-11)21(17,18)14-9-12(19-2)6-7-13(14)20-3/h6-7,9,11,15H,4-5,8,10H2,1-3H3. The number of piperidine rings is 1. The van der Waals surface area contributed by atoms with Crippen molar-refractivity contribution in [1.29, 1.82) is 0 Å². The normalized spacial score (nSPS) is 20.2. The molecule has 0 amide bonds. The minimum absolute atomic E-state index is 0.154. The molecule has 118 valence electrons. The Morgan fingerprint density at radius 1 is 1.29 bits per heavy atom. The van der Waals surface area contributed by atoms with E-state index in [0.717, 1.165) is 12.8 Å². The second-order valence-electron chi connectivity index (χ2n) is 5.01. The van der Waals surface area contributed by atoms with Crippen LogP contribution in [0.15, 0.2) is 23.1 Å². The van der Waals surface area contributed by atoms with Crippen LogP contribution >= 0.6 is 0 Å². The fourth-order valence-electron chi connectivity index (χ4n) is 2.52. The molecule has 1 N–H and O–H groups in total. The van der Waals surface area contributed by atoms with Gasteiger partial charge in [-0.05, 0) is 32.0 Å². The maximum atomic E-state index is 12.9. The molecule has 7 heteroatoms. The lowest BCUT2D eigenvalue weighted by molar-refractivity contribution is 0.291. The van der Waals surface area contributed by atoms with Crippen molar-refractivity contribution in [3.05, 3.63) is 18.2 Å². The number of methoxy groups -OCH3 is 2. The van der Waals surface area contributed by atoms with Gasteiger partial charge in [0.15, 0.2) is 0 Å². The number of nitrogens with zero attached hydrogens (tertiary/aromatic N) is 1. The quantitative estimate of drug-likeness (QED) is 0.881. The Balaban J connectivity index is 2.38. The fourth-order valence-corrected chi connectivity index (χ4v) is 4.22. The summed E-state index contributed by atoms with van der Waals surface area (Å²) in [6, 6.07) is 5.00. The van der Waals surface area contributed by atoms with Crippen LogP contribution in [0.4, 0.5) is 0 Å². The van der Waals surface area contributed by atoms with Crippen molar-refractivity contribution in [1.82, 2.24) is 9.62 Å². The lowest BCUT2D eigenvalue weighted by atomic mass is 10.1. The second kappa shape index (κ2) is 6.64. The highest BCUT2D eigenvalue weighted by molar-refractivity contribution is 7.89. The molecule has 0 saturated carbocycles. The van der Waals surface area contributed by atoms with Crippen molar-refractivity contribution in [2.75, 3.05) is 34.4 Å². The summed E-state index contributed by atoms with van der Waals surface area (Å²) in [4.78, 5) is 0.154. The zero-order valence-electron chi connectivity index (χ0n) is 12.6. The number of rotatable bonds is 5. The summed E-state index contributed by atoms with van der Waals surface area (Å²) in [5.41, 5.74) is 0. The highest BCUT2D eigenvalue weighted by atomic mass is 32.2. The van der Waals surface area contributed by atoms with Crippen molar-refractivity contribution < 1.29 is 17.9 Å². The first-order chi connectivity index (χ1) is 10.0. The van der Waals surface area contributed by atoms with Crippen LogP contribution < -0.4 is 14.8 Å². The Morgan fingerprint density at radius 2 is 2.05 bits per heavy atom. The van der Waals surface area contributed by atoms with Gasteiger partial charge in [-0.3, -0.25) is 0 Å². The predicted molar refractivity (Wildman–Crippen MR) is 80.4 cm³/mol. The molecule has 1 aromatic rings. The number of hydrogen-bond acceptors (Lipinski definition) is 5. The van der Waals surface area contributed by atoms with Crippen LogP contribution in [0.3, 0.4) is 0 Å². The van der Waals surface area contributed by atoms with Crippen molar-refractivity contribution in [3.63, 3.8) is 0 Å². The van der Waals surface area contributed by atoms with Crippen LogP contribution in [0.25, 0.3) is 0 Å². The van der Waals surface area contributed by atoms with Gasteiger partial charge in [0.2, 0.25) is 10.0 Å². The number of sulfonamides is 1. The van der Waals surface area contributed by atoms with Gasteiger partial charge in [0, 0.05) is 25.2 Å². The Morgan fingerprint density at radius 3 is 2.67 bits per heavy atom. The van der Waals surface area contributed by atoms with Crippen LogP contribution in [0.2, 0.25) is 0 Å². The molecule has 0 bridgehead atoms. The number of likely N-dealkylation sites (N-methyl/N-ethyl adjacent to an activating group) is 1. The number of hydrogen-bond donors (Lipinski definition) is 1. The van der Waals surface area contributed by atoms with Crippen molar-refractivity contribution in [2.45, 2.75) is 23.8 Å². The zero-order chi connectivity index (χ0) is 15.5. The van der Waals surface area contributed by atoms with Crippen LogP contribution in [0.1, 0.15) is 12.8 Å². The Labute approximate surface area is 126 Å². The summed E-state index contributed by atoms with van der Waals surface area (Å²) in [7, 11) is 1.24. The third kappa shape index (κ3) is 3.30. The molecule has 1 aromatic carbocycles. The molecule has 1 heterocycles. The number of benzene rings is 1. The minimum atomic E-state index is -3.59.